The van der Waals surface area contributed by atoms with Crippen molar-refractivity contribution in [2.24, 2.45) is 0 Å². The Morgan fingerprint density at radius 2 is 1.83 bits per heavy atom. The largest absolute Gasteiger partial charge is 0.320 e. The van der Waals surface area contributed by atoms with Gasteiger partial charge in [-0.05, 0) is 42.4 Å². The van der Waals surface area contributed by atoms with Gasteiger partial charge in [0.05, 0.1) is 10.7 Å². The molecule has 9 heteroatoms. The number of hydrogen-bond donors (Lipinski definition) is 1. The molecule has 1 aliphatic carbocycles. The summed E-state index contributed by atoms with van der Waals surface area (Å²) in [5, 5.41) is 23.7. The zero-order valence-corrected chi connectivity index (χ0v) is 21.4. The SMILES string of the molecule is Cc1ccc(NC(=O)CSc2nnc(-c3ccc(C(C)(C)C)cc3)n2C2CCCC2)c([N+](=O)[O-])c1. The molecule has 8 nitrogen and oxygen atoms in total. The summed E-state index contributed by atoms with van der Waals surface area (Å²) in [5.41, 5.74) is 3.17. The molecule has 0 bridgehead atoms. The van der Waals surface area contributed by atoms with Gasteiger partial charge in [-0.3, -0.25) is 19.5 Å². The van der Waals surface area contributed by atoms with Gasteiger partial charge in [-0.1, -0.05) is 75.7 Å². The Balaban J connectivity index is 1.54. The van der Waals surface area contributed by atoms with Crippen LogP contribution in [0.25, 0.3) is 11.4 Å². The number of amides is 1. The fourth-order valence-electron chi connectivity index (χ4n) is 4.40. The van der Waals surface area contributed by atoms with E-state index < -0.39 is 4.92 Å². The van der Waals surface area contributed by atoms with Gasteiger partial charge in [0.1, 0.15) is 5.69 Å². The first-order valence-corrected chi connectivity index (χ1v) is 12.9. The first-order chi connectivity index (χ1) is 16.6. The van der Waals surface area contributed by atoms with Gasteiger partial charge in [0.2, 0.25) is 5.91 Å². The predicted octanol–water partition coefficient (Wildman–Crippen LogP) is 6.31. The minimum absolute atomic E-state index is 0.0680. The first-order valence-electron chi connectivity index (χ1n) is 11.9. The molecular formula is C26H31N5O3S. The highest BCUT2D eigenvalue weighted by Gasteiger charge is 2.26. The van der Waals surface area contributed by atoms with Gasteiger partial charge in [0.15, 0.2) is 11.0 Å². The molecule has 4 rings (SSSR count). The van der Waals surface area contributed by atoms with Crippen LogP contribution in [0.15, 0.2) is 47.6 Å². The van der Waals surface area contributed by atoms with Crippen molar-refractivity contribution in [1.82, 2.24) is 14.8 Å². The number of nitro groups is 1. The average Bonchev–Trinajstić information content (AvgIpc) is 3.48. The number of benzene rings is 2. The molecule has 0 aliphatic heterocycles. The number of rotatable bonds is 7. The maximum Gasteiger partial charge on any atom is 0.293 e. The number of anilines is 1. The third-order valence-electron chi connectivity index (χ3n) is 6.32. The molecule has 1 fully saturated rings. The minimum Gasteiger partial charge on any atom is -0.320 e. The molecule has 1 amide bonds. The second-order valence-corrected chi connectivity index (χ2v) is 11.0. The number of nitro benzene ring substituents is 1. The number of thioether (sulfide) groups is 1. The molecule has 0 atom stereocenters. The van der Waals surface area contributed by atoms with E-state index in [2.05, 4.69) is 65.1 Å². The standard InChI is InChI=1S/C26H31N5O3S/c1-17-9-14-21(22(15-17)31(33)34)27-23(32)16-35-25-29-28-24(30(25)20-7-5-6-8-20)18-10-12-19(13-11-18)26(2,3)4/h9-15,20H,5-8,16H2,1-4H3,(H,27,32). The molecule has 2 aromatic carbocycles. The lowest BCUT2D eigenvalue weighted by atomic mass is 9.86. The maximum absolute atomic E-state index is 12.7. The number of aryl methyl sites for hydroxylation is 1. The molecule has 1 heterocycles. The predicted molar refractivity (Wildman–Crippen MR) is 139 cm³/mol. The monoisotopic (exact) mass is 493 g/mol. The molecule has 0 saturated heterocycles. The smallest absolute Gasteiger partial charge is 0.293 e. The summed E-state index contributed by atoms with van der Waals surface area (Å²) in [6, 6.07) is 13.5. The molecule has 184 valence electrons. The Morgan fingerprint density at radius 1 is 1.14 bits per heavy atom. The van der Waals surface area contributed by atoms with Crippen LogP contribution in [0.1, 0.15) is 63.6 Å². The van der Waals surface area contributed by atoms with Crippen LogP contribution < -0.4 is 5.32 Å². The zero-order valence-electron chi connectivity index (χ0n) is 20.6. The van der Waals surface area contributed by atoms with E-state index in [1.807, 2.05) is 0 Å². The number of nitrogens with one attached hydrogen (secondary N) is 1. The van der Waals surface area contributed by atoms with Crippen LogP contribution in [0.4, 0.5) is 11.4 Å². The van der Waals surface area contributed by atoms with E-state index in [4.69, 9.17) is 0 Å². The number of carbonyl (C=O) groups excluding carboxylic acids is 1. The highest BCUT2D eigenvalue weighted by molar-refractivity contribution is 7.99. The summed E-state index contributed by atoms with van der Waals surface area (Å²) in [7, 11) is 0. The van der Waals surface area contributed by atoms with Crippen molar-refractivity contribution in [3.8, 4) is 11.4 Å². The Hall–Kier alpha value is -3.20. The lowest BCUT2D eigenvalue weighted by Crippen LogP contribution is -2.16. The molecule has 3 aromatic rings. The van der Waals surface area contributed by atoms with Crippen molar-refractivity contribution in [2.45, 2.75) is 70.0 Å². The summed E-state index contributed by atoms with van der Waals surface area (Å²) in [4.78, 5) is 23.6. The molecule has 1 saturated carbocycles. The summed E-state index contributed by atoms with van der Waals surface area (Å²) >= 11 is 1.31. The van der Waals surface area contributed by atoms with Crippen LogP contribution >= 0.6 is 11.8 Å². The van der Waals surface area contributed by atoms with E-state index in [1.165, 1.54) is 23.4 Å². The van der Waals surface area contributed by atoms with Gasteiger partial charge in [-0.15, -0.1) is 10.2 Å². The molecule has 1 N–H and O–H groups in total. The average molecular weight is 494 g/mol. The fourth-order valence-corrected chi connectivity index (χ4v) is 5.20. The number of carbonyl (C=O) groups is 1. The number of hydrogen-bond acceptors (Lipinski definition) is 6. The molecule has 35 heavy (non-hydrogen) atoms. The molecule has 1 aliphatic rings. The minimum atomic E-state index is -0.482. The van der Waals surface area contributed by atoms with Gasteiger partial charge in [-0.2, -0.15) is 0 Å². The third-order valence-corrected chi connectivity index (χ3v) is 7.26. The summed E-state index contributed by atoms with van der Waals surface area (Å²) in [5.74, 6) is 0.576. The molecule has 1 aromatic heterocycles. The van der Waals surface area contributed by atoms with Crippen LogP contribution in [0.5, 0.6) is 0 Å². The molecular weight excluding hydrogens is 462 g/mol. The van der Waals surface area contributed by atoms with Crippen molar-refractivity contribution in [2.75, 3.05) is 11.1 Å². The maximum atomic E-state index is 12.7. The van der Waals surface area contributed by atoms with E-state index in [0.717, 1.165) is 42.6 Å². The van der Waals surface area contributed by atoms with Gasteiger partial charge in [-0.25, -0.2) is 0 Å². The van der Waals surface area contributed by atoms with Crippen molar-refractivity contribution in [3.63, 3.8) is 0 Å². The highest BCUT2D eigenvalue weighted by Crippen LogP contribution is 2.37. The van der Waals surface area contributed by atoms with Gasteiger partial charge >= 0.3 is 0 Å². The number of nitrogens with zero attached hydrogens (tertiary/aromatic N) is 4. The van der Waals surface area contributed by atoms with Crippen molar-refractivity contribution in [3.05, 3.63) is 63.7 Å². The summed E-state index contributed by atoms with van der Waals surface area (Å²) in [6.07, 6.45) is 4.43. The van der Waals surface area contributed by atoms with Gasteiger partial charge in [0.25, 0.3) is 5.69 Å². The van der Waals surface area contributed by atoms with Crippen molar-refractivity contribution >= 4 is 29.0 Å². The van der Waals surface area contributed by atoms with Crippen molar-refractivity contribution in [1.29, 1.82) is 0 Å². The molecule has 0 spiro atoms. The topological polar surface area (TPSA) is 103 Å². The van der Waals surface area contributed by atoms with Gasteiger partial charge < -0.3 is 5.32 Å². The Kier molecular flexibility index (Phi) is 7.25. The van der Waals surface area contributed by atoms with E-state index in [-0.39, 0.29) is 28.4 Å². The summed E-state index contributed by atoms with van der Waals surface area (Å²) < 4.78 is 2.17. The third kappa shape index (κ3) is 5.73. The lowest BCUT2D eigenvalue weighted by molar-refractivity contribution is -0.384. The van der Waals surface area contributed by atoms with Gasteiger partial charge in [0, 0.05) is 17.7 Å². The van der Waals surface area contributed by atoms with Crippen molar-refractivity contribution < 1.29 is 9.72 Å². The van der Waals surface area contributed by atoms with Crippen LogP contribution in [-0.2, 0) is 10.2 Å². The second-order valence-electron chi connectivity index (χ2n) is 10.1. The Labute approximate surface area is 209 Å². The first kappa shape index (κ1) is 24.9. The van der Waals surface area contributed by atoms with E-state index in [1.54, 1.807) is 19.1 Å². The molecule has 0 radical (unpaired) electrons. The normalized spacial score (nSPS) is 14.3. The number of aromatic nitrogens is 3. The fraction of sp³-hybridized carbons (Fsp3) is 0.423. The summed E-state index contributed by atoms with van der Waals surface area (Å²) in [6.45, 7) is 8.34. The Morgan fingerprint density at radius 3 is 2.46 bits per heavy atom. The Bertz CT molecular complexity index is 1220. The van der Waals surface area contributed by atoms with Crippen LogP contribution in [0, 0.1) is 17.0 Å². The van der Waals surface area contributed by atoms with Crippen LogP contribution in [-0.4, -0.2) is 31.3 Å². The van der Waals surface area contributed by atoms with Crippen LogP contribution in [0.2, 0.25) is 0 Å². The van der Waals surface area contributed by atoms with E-state index >= 15 is 0 Å². The zero-order chi connectivity index (χ0) is 25.2. The lowest BCUT2D eigenvalue weighted by Gasteiger charge is -2.20. The highest BCUT2D eigenvalue weighted by atomic mass is 32.2. The molecule has 0 unspecified atom stereocenters. The second kappa shape index (κ2) is 10.2. The van der Waals surface area contributed by atoms with Crippen LogP contribution in [0.3, 0.4) is 0 Å². The van der Waals surface area contributed by atoms with E-state index in [0.29, 0.717) is 11.2 Å². The van der Waals surface area contributed by atoms with E-state index in [9.17, 15) is 14.9 Å². The quantitative estimate of drug-likeness (QED) is 0.235.